The maximum Gasteiger partial charge on any atom is 0.434 e. The molecule has 8 nitrogen and oxygen atoms in total. The average Bonchev–Trinajstić information content (AvgIpc) is 3.22. The number of Topliss-reactive ketones (excluding diaryl/α,β-unsaturated/α-hetero) is 1. The van der Waals surface area contributed by atoms with Crippen molar-refractivity contribution in [1.82, 2.24) is 19.7 Å². The molecule has 1 aliphatic carbocycles. The third kappa shape index (κ3) is 4.02. The number of allylic oxidation sites excluding steroid dienone is 1. The lowest BCUT2D eigenvalue weighted by atomic mass is 9.69. The molecule has 1 aliphatic heterocycles. The van der Waals surface area contributed by atoms with Gasteiger partial charge in [-0.3, -0.25) is 9.59 Å². The number of nitrogens with zero attached hydrogens (tertiary/aromatic N) is 5. The molecule has 1 amide bonds. The van der Waals surface area contributed by atoms with Gasteiger partial charge in [-0.2, -0.15) is 23.5 Å². The number of amides is 1. The van der Waals surface area contributed by atoms with Crippen molar-refractivity contribution < 1.29 is 27.5 Å². The molecule has 1 atom stereocenters. The quantitative estimate of drug-likeness (QED) is 0.685. The number of aromatic nitrogens is 3. The minimum absolute atomic E-state index is 0.0426. The number of rotatable bonds is 2. The van der Waals surface area contributed by atoms with Crippen molar-refractivity contribution in [2.24, 2.45) is 5.41 Å². The molecule has 172 valence electrons. The molecule has 33 heavy (non-hydrogen) atoms. The first-order valence-corrected chi connectivity index (χ1v) is 10.2. The molecule has 11 heteroatoms. The Kier molecular flexibility index (Phi) is 5.36. The summed E-state index contributed by atoms with van der Waals surface area (Å²) in [6.45, 7) is 3.34. The molecule has 2 aromatic rings. The lowest BCUT2D eigenvalue weighted by Crippen LogP contribution is -2.57. The molecule has 1 fully saturated rings. The van der Waals surface area contributed by atoms with Gasteiger partial charge in [0.1, 0.15) is 11.7 Å². The van der Waals surface area contributed by atoms with Crippen LogP contribution in [-0.2, 0) is 15.7 Å². The van der Waals surface area contributed by atoms with Crippen molar-refractivity contribution in [1.29, 1.82) is 5.26 Å². The van der Waals surface area contributed by atoms with Crippen LogP contribution in [0.4, 0.5) is 13.2 Å². The Morgan fingerprint density at radius 2 is 2.06 bits per heavy atom. The summed E-state index contributed by atoms with van der Waals surface area (Å²) in [6, 6.07) is 6.29. The van der Waals surface area contributed by atoms with Crippen molar-refractivity contribution in [3.63, 3.8) is 0 Å². The van der Waals surface area contributed by atoms with Crippen LogP contribution in [0, 0.1) is 16.7 Å². The molecule has 0 N–H and O–H groups in total. The average molecular weight is 459 g/mol. The van der Waals surface area contributed by atoms with Crippen LogP contribution in [0.3, 0.4) is 0 Å². The van der Waals surface area contributed by atoms with Gasteiger partial charge in [0.25, 0.3) is 5.91 Å². The van der Waals surface area contributed by atoms with Gasteiger partial charge in [0.15, 0.2) is 17.3 Å². The van der Waals surface area contributed by atoms with E-state index in [2.05, 4.69) is 10.1 Å². The van der Waals surface area contributed by atoms with Gasteiger partial charge in [0.2, 0.25) is 0 Å². The Balaban J connectivity index is 1.71. The molecule has 1 saturated heterocycles. The monoisotopic (exact) mass is 459 g/mol. The smallest absolute Gasteiger partial charge is 0.367 e. The highest BCUT2D eigenvalue weighted by molar-refractivity contribution is 6.04. The van der Waals surface area contributed by atoms with Crippen LogP contribution in [0.15, 0.2) is 42.2 Å². The molecule has 3 heterocycles. The number of pyridine rings is 1. The van der Waals surface area contributed by atoms with Crippen molar-refractivity contribution in [3.05, 3.63) is 53.5 Å². The molecule has 1 spiro atoms. The molecule has 0 bridgehead atoms. The van der Waals surface area contributed by atoms with E-state index in [1.165, 1.54) is 29.3 Å². The van der Waals surface area contributed by atoms with E-state index in [1.807, 2.05) is 6.07 Å². The van der Waals surface area contributed by atoms with Crippen LogP contribution < -0.4 is 0 Å². The fourth-order valence-electron chi connectivity index (χ4n) is 4.43. The second-order valence-electron chi connectivity index (χ2n) is 8.70. The number of alkyl halides is 3. The Bertz CT molecular complexity index is 1180. The number of ketones is 1. The number of hydrogen-bond donors (Lipinski definition) is 0. The number of hydrogen-bond acceptors (Lipinski definition) is 6. The number of halogens is 3. The SMILES string of the molecule is CC1(C)CC2(C=C(C#N)C1=O)CN(C(=O)c1cnn(-c3ccccn3)c1C(F)(F)F)CCO2. The second kappa shape index (κ2) is 7.81. The van der Waals surface area contributed by atoms with E-state index >= 15 is 0 Å². The highest BCUT2D eigenvalue weighted by atomic mass is 19.4. The first kappa shape index (κ1) is 22.7. The summed E-state index contributed by atoms with van der Waals surface area (Å²) in [5, 5.41) is 13.2. The van der Waals surface area contributed by atoms with Crippen molar-refractivity contribution >= 4 is 11.7 Å². The number of nitriles is 1. The molecule has 1 unspecified atom stereocenters. The summed E-state index contributed by atoms with van der Waals surface area (Å²) in [4.78, 5) is 30.9. The van der Waals surface area contributed by atoms with Crippen LogP contribution in [0.2, 0.25) is 0 Å². The summed E-state index contributed by atoms with van der Waals surface area (Å²) in [7, 11) is 0. The van der Waals surface area contributed by atoms with Gasteiger partial charge in [-0.25, -0.2) is 9.67 Å². The highest BCUT2D eigenvalue weighted by Gasteiger charge is 2.49. The van der Waals surface area contributed by atoms with Crippen LogP contribution >= 0.6 is 0 Å². The number of ether oxygens (including phenoxy) is 1. The summed E-state index contributed by atoms with van der Waals surface area (Å²) >= 11 is 0. The molecule has 0 radical (unpaired) electrons. The predicted molar refractivity (Wildman–Crippen MR) is 108 cm³/mol. The van der Waals surface area contributed by atoms with Crippen LogP contribution in [0.25, 0.3) is 5.82 Å². The van der Waals surface area contributed by atoms with Gasteiger partial charge in [-0.05, 0) is 24.6 Å². The largest absolute Gasteiger partial charge is 0.434 e. The third-order valence-electron chi connectivity index (χ3n) is 5.76. The minimum atomic E-state index is -4.86. The zero-order chi connectivity index (χ0) is 24.0. The van der Waals surface area contributed by atoms with Crippen LogP contribution in [0.1, 0.15) is 36.3 Å². The molecule has 0 aromatic carbocycles. The molecule has 2 aromatic heterocycles. The maximum atomic E-state index is 14.0. The maximum absolute atomic E-state index is 14.0. The van der Waals surface area contributed by atoms with E-state index in [4.69, 9.17) is 4.74 Å². The molecular formula is C22H20F3N5O3. The van der Waals surface area contributed by atoms with Gasteiger partial charge in [-0.1, -0.05) is 19.9 Å². The van der Waals surface area contributed by atoms with Crippen LogP contribution in [0.5, 0.6) is 0 Å². The molecule has 2 aliphatic rings. The predicted octanol–water partition coefficient (Wildman–Crippen LogP) is 2.95. The standard InChI is InChI=1S/C22H20F3N5O3/c1-20(2)12-21(9-14(10-26)18(20)31)13-29(7-8-33-21)19(32)15-11-28-30(17(15)22(23,24)25)16-5-3-4-6-27-16/h3-6,9,11H,7-8,12-13H2,1-2H3. The lowest BCUT2D eigenvalue weighted by Gasteiger charge is -2.46. The zero-order valence-electron chi connectivity index (χ0n) is 17.9. The Morgan fingerprint density at radius 3 is 2.70 bits per heavy atom. The topological polar surface area (TPSA) is 101 Å². The van der Waals surface area contributed by atoms with Crippen molar-refractivity contribution in [2.75, 3.05) is 19.7 Å². The van der Waals surface area contributed by atoms with Gasteiger partial charge < -0.3 is 9.64 Å². The Morgan fingerprint density at radius 1 is 1.30 bits per heavy atom. The van der Waals surface area contributed by atoms with E-state index in [0.717, 1.165) is 6.20 Å². The Labute approximate surface area is 187 Å². The summed E-state index contributed by atoms with van der Waals surface area (Å²) in [5.74, 6) is -1.27. The normalized spacial score (nSPS) is 22.7. The molecule has 4 rings (SSSR count). The molecule has 0 saturated carbocycles. The number of carbonyl (C=O) groups is 2. The Hall–Kier alpha value is -3.52. The van der Waals surface area contributed by atoms with E-state index < -0.39 is 34.4 Å². The van der Waals surface area contributed by atoms with Crippen LogP contribution in [-0.4, -0.2) is 56.7 Å². The van der Waals surface area contributed by atoms with E-state index in [9.17, 15) is 28.0 Å². The summed E-state index contributed by atoms with van der Waals surface area (Å²) in [5.41, 5.74) is -3.99. The van der Waals surface area contributed by atoms with Gasteiger partial charge >= 0.3 is 6.18 Å². The first-order valence-electron chi connectivity index (χ1n) is 10.2. The van der Waals surface area contributed by atoms with E-state index in [-0.39, 0.29) is 43.3 Å². The van der Waals surface area contributed by atoms with Gasteiger partial charge in [0, 0.05) is 18.2 Å². The minimum Gasteiger partial charge on any atom is -0.367 e. The third-order valence-corrected chi connectivity index (χ3v) is 5.76. The fraction of sp³-hybridized carbons (Fsp3) is 0.409. The summed E-state index contributed by atoms with van der Waals surface area (Å²) in [6.07, 6.45) is -1.08. The van der Waals surface area contributed by atoms with Crippen molar-refractivity contribution in [3.8, 4) is 11.9 Å². The van der Waals surface area contributed by atoms with E-state index in [1.54, 1.807) is 19.9 Å². The molecular weight excluding hydrogens is 439 g/mol. The number of morpholine rings is 1. The van der Waals surface area contributed by atoms with Gasteiger partial charge in [-0.15, -0.1) is 0 Å². The highest BCUT2D eigenvalue weighted by Crippen LogP contribution is 2.42. The first-order chi connectivity index (χ1) is 15.5. The lowest BCUT2D eigenvalue weighted by molar-refractivity contribution is -0.143. The fourth-order valence-corrected chi connectivity index (χ4v) is 4.43. The number of carbonyl (C=O) groups excluding carboxylic acids is 2. The van der Waals surface area contributed by atoms with E-state index in [0.29, 0.717) is 4.68 Å². The van der Waals surface area contributed by atoms with Crippen molar-refractivity contribution in [2.45, 2.75) is 32.0 Å². The van der Waals surface area contributed by atoms with Gasteiger partial charge in [0.05, 0.1) is 30.5 Å². The second-order valence-corrected chi connectivity index (χ2v) is 8.70. The zero-order valence-corrected chi connectivity index (χ0v) is 17.9. The summed E-state index contributed by atoms with van der Waals surface area (Å²) < 4.78 is 48.4.